The molecule has 0 radical (unpaired) electrons. The summed E-state index contributed by atoms with van der Waals surface area (Å²) in [6.07, 6.45) is -3.14. The van der Waals surface area contributed by atoms with Gasteiger partial charge in [0.05, 0.1) is 21.3 Å². The van der Waals surface area contributed by atoms with Crippen LogP contribution in [0.5, 0.6) is 0 Å². The molecule has 1 atom stereocenters. The van der Waals surface area contributed by atoms with Gasteiger partial charge >= 0.3 is 6.18 Å². The SMILES string of the molecule is Cc1[nH]c(C(Nc2cc(Cl)c(C(F)(F)F)cn2)c2ccc(F)c(Cl)c2)nc1S(C)(=O)=O. The number of nitrogens with zero attached hydrogens (tertiary/aromatic N) is 2. The van der Waals surface area contributed by atoms with Gasteiger partial charge in [0.1, 0.15) is 23.5 Å². The van der Waals surface area contributed by atoms with Gasteiger partial charge in [-0.1, -0.05) is 29.3 Å². The summed E-state index contributed by atoms with van der Waals surface area (Å²) in [7, 11) is -3.66. The van der Waals surface area contributed by atoms with Crippen molar-refractivity contribution < 1.29 is 26.0 Å². The summed E-state index contributed by atoms with van der Waals surface area (Å²) < 4.78 is 76.4. The Kier molecular flexibility index (Phi) is 6.23. The fraction of sp³-hybridized carbons (Fsp3) is 0.222. The molecule has 0 aliphatic heterocycles. The van der Waals surface area contributed by atoms with Crippen molar-refractivity contribution in [3.05, 3.63) is 69.0 Å². The summed E-state index contributed by atoms with van der Waals surface area (Å²) in [6.45, 7) is 1.49. The number of nitrogens with one attached hydrogen (secondary N) is 2. The number of rotatable bonds is 5. The average molecular weight is 497 g/mol. The van der Waals surface area contributed by atoms with Crippen LogP contribution in [0.1, 0.15) is 28.7 Å². The van der Waals surface area contributed by atoms with Gasteiger partial charge < -0.3 is 10.3 Å². The van der Waals surface area contributed by atoms with Gasteiger partial charge in [0.15, 0.2) is 14.9 Å². The number of aromatic nitrogens is 3. The Balaban J connectivity index is 2.09. The molecule has 166 valence electrons. The van der Waals surface area contributed by atoms with E-state index in [1.54, 1.807) is 0 Å². The molecule has 0 saturated carbocycles. The molecule has 0 aliphatic carbocycles. The Morgan fingerprint density at radius 3 is 2.35 bits per heavy atom. The average Bonchev–Trinajstić information content (AvgIpc) is 3.03. The molecule has 2 N–H and O–H groups in total. The lowest BCUT2D eigenvalue weighted by molar-refractivity contribution is -0.137. The van der Waals surface area contributed by atoms with Crippen LogP contribution in [0.3, 0.4) is 0 Å². The first-order chi connectivity index (χ1) is 14.3. The third-order valence-electron chi connectivity index (χ3n) is 4.21. The Morgan fingerprint density at radius 1 is 1.16 bits per heavy atom. The van der Waals surface area contributed by atoms with Crippen LogP contribution in [0.15, 0.2) is 35.5 Å². The lowest BCUT2D eigenvalue weighted by atomic mass is 10.1. The van der Waals surface area contributed by atoms with Gasteiger partial charge in [0, 0.05) is 12.5 Å². The van der Waals surface area contributed by atoms with Crippen molar-refractivity contribution >= 4 is 38.9 Å². The number of hydrogen-bond acceptors (Lipinski definition) is 5. The third-order valence-corrected chi connectivity index (χ3v) is 5.91. The highest BCUT2D eigenvalue weighted by atomic mass is 35.5. The number of aromatic amines is 1. The molecule has 0 bridgehead atoms. The standard InChI is InChI=1S/C18H14Cl2F4N4O2S/c1-8-17(31(2,29)30)28-16(26-8)15(9-3-4-13(21)12(20)5-9)27-14-6-11(19)10(7-25-14)18(22,23)24/h3-7,15H,1-2H3,(H,25,27)(H,26,28). The molecular formula is C18H14Cl2F4N4O2S. The Bertz CT molecular complexity index is 1250. The predicted molar refractivity (Wildman–Crippen MR) is 108 cm³/mol. The first-order valence-electron chi connectivity index (χ1n) is 8.48. The minimum Gasteiger partial charge on any atom is -0.356 e. The van der Waals surface area contributed by atoms with Gasteiger partial charge in [-0.2, -0.15) is 13.2 Å². The Morgan fingerprint density at radius 2 is 1.84 bits per heavy atom. The van der Waals surface area contributed by atoms with Crippen LogP contribution in [-0.2, 0) is 16.0 Å². The van der Waals surface area contributed by atoms with Crippen LogP contribution in [0, 0.1) is 12.7 Å². The lowest BCUT2D eigenvalue weighted by Crippen LogP contribution is -2.16. The molecule has 2 heterocycles. The van der Waals surface area contributed by atoms with Gasteiger partial charge in [0.25, 0.3) is 0 Å². The number of anilines is 1. The van der Waals surface area contributed by atoms with E-state index in [-0.39, 0.29) is 27.4 Å². The number of aryl methyl sites for hydroxylation is 1. The van der Waals surface area contributed by atoms with E-state index in [4.69, 9.17) is 23.2 Å². The van der Waals surface area contributed by atoms with E-state index in [0.717, 1.165) is 18.4 Å². The highest BCUT2D eigenvalue weighted by Crippen LogP contribution is 2.36. The minimum absolute atomic E-state index is 0.0570. The van der Waals surface area contributed by atoms with E-state index in [9.17, 15) is 26.0 Å². The molecule has 1 unspecified atom stereocenters. The van der Waals surface area contributed by atoms with Crippen molar-refractivity contribution in [2.75, 3.05) is 11.6 Å². The van der Waals surface area contributed by atoms with E-state index >= 15 is 0 Å². The van der Waals surface area contributed by atoms with Crippen LogP contribution in [0.25, 0.3) is 0 Å². The van der Waals surface area contributed by atoms with E-state index in [2.05, 4.69) is 20.3 Å². The number of pyridine rings is 1. The zero-order valence-corrected chi connectivity index (χ0v) is 18.2. The molecule has 3 aromatic rings. The second kappa shape index (κ2) is 8.29. The van der Waals surface area contributed by atoms with Gasteiger partial charge in [-0.15, -0.1) is 0 Å². The quantitative estimate of drug-likeness (QED) is 0.475. The van der Waals surface area contributed by atoms with E-state index in [0.29, 0.717) is 11.8 Å². The predicted octanol–water partition coefficient (Wildman–Crippen LogP) is 5.18. The molecule has 0 saturated heterocycles. The van der Waals surface area contributed by atoms with Crippen LogP contribution in [-0.4, -0.2) is 29.6 Å². The first-order valence-corrected chi connectivity index (χ1v) is 11.1. The number of hydrogen-bond donors (Lipinski definition) is 2. The molecule has 0 spiro atoms. The van der Waals surface area contributed by atoms with Gasteiger partial charge in [-0.05, 0) is 30.7 Å². The van der Waals surface area contributed by atoms with E-state index in [1.807, 2.05) is 0 Å². The summed E-state index contributed by atoms with van der Waals surface area (Å²) >= 11 is 11.6. The van der Waals surface area contributed by atoms with E-state index < -0.39 is 38.5 Å². The molecule has 0 amide bonds. The Labute approximate surface area is 184 Å². The zero-order valence-electron chi connectivity index (χ0n) is 15.9. The van der Waals surface area contributed by atoms with Crippen molar-refractivity contribution in [1.29, 1.82) is 0 Å². The maximum atomic E-state index is 13.6. The fourth-order valence-electron chi connectivity index (χ4n) is 2.83. The number of halogens is 6. The number of benzene rings is 1. The highest BCUT2D eigenvalue weighted by molar-refractivity contribution is 7.90. The van der Waals surface area contributed by atoms with Crippen molar-refractivity contribution in [3.8, 4) is 0 Å². The van der Waals surface area contributed by atoms with E-state index in [1.165, 1.54) is 19.1 Å². The van der Waals surface area contributed by atoms with Crippen LogP contribution in [0.4, 0.5) is 23.4 Å². The summed E-state index contributed by atoms with van der Waals surface area (Å²) in [5, 5.41) is 1.83. The lowest BCUT2D eigenvalue weighted by Gasteiger charge is -2.19. The molecule has 0 fully saturated rings. The number of sulfone groups is 1. The molecule has 6 nitrogen and oxygen atoms in total. The first kappa shape index (κ1) is 23.3. The summed E-state index contributed by atoms with van der Waals surface area (Å²) in [4.78, 5) is 10.7. The molecule has 3 rings (SSSR count). The largest absolute Gasteiger partial charge is 0.419 e. The Hall–Kier alpha value is -2.37. The van der Waals surface area contributed by atoms with Gasteiger partial charge in [-0.3, -0.25) is 0 Å². The summed E-state index contributed by atoms with van der Waals surface area (Å²) in [6, 6.07) is 3.73. The molecule has 0 aliphatic rings. The normalized spacial score (nSPS) is 13.3. The number of alkyl halides is 3. The molecule has 1 aromatic carbocycles. The number of imidazole rings is 1. The zero-order chi connectivity index (χ0) is 23.1. The monoisotopic (exact) mass is 496 g/mol. The van der Waals surface area contributed by atoms with Gasteiger partial charge in [0.2, 0.25) is 0 Å². The van der Waals surface area contributed by atoms with Gasteiger partial charge in [-0.25, -0.2) is 22.8 Å². The van der Waals surface area contributed by atoms with Crippen molar-refractivity contribution in [1.82, 2.24) is 15.0 Å². The number of H-pyrrole nitrogens is 1. The maximum Gasteiger partial charge on any atom is 0.419 e. The summed E-state index contributed by atoms with van der Waals surface area (Å²) in [5.41, 5.74) is -0.525. The van der Waals surface area contributed by atoms with Crippen LogP contribution >= 0.6 is 23.2 Å². The topological polar surface area (TPSA) is 87.7 Å². The second-order valence-electron chi connectivity index (χ2n) is 6.62. The van der Waals surface area contributed by atoms with Crippen molar-refractivity contribution in [3.63, 3.8) is 0 Å². The maximum absolute atomic E-state index is 13.6. The van der Waals surface area contributed by atoms with Crippen LogP contribution in [0.2, 0.25) is 10.0 Å². The highest BCUT2D eigenvalue weighted by Gasteiger charge is 2.34. The smallest absolute Gasteiger partial charge is 0.356 e. The molecular weight excluding hydrogens is 483 g/mol. The third kappa shape index (κ3) is 5.10. The minimum atomic E-state index is -4.69. The second-order valence-corrected chi connectivity index (χ2v) is 9.37. The fourth-order valence-corrected chi connectivity index (χ4v) is 4.15. The summed E-state index contributed by atoms with van der Waals surface area (Å²) in [5.74, 6) is -0.649. The molecule has 31 heavy (non-hydrogen) atoms. The molecule has 2 aromatic heterocycles. The van der Waals surface area contributed by atoms with Crippen molar-refractivity contribution in [2.45, 2.75) is 24.2 Å². The molecule has 13 heteroatoms. The van der Waals surface area contributed by atoms with Crippen molar-refractivity contribution in [2.24, 2.45) is 0 Å². The van der Waals surface area contributed by atoms with Crippen LogP contribution < -0.4 is 5.32 Å².